The zero-order chi connectivity index (χ0) is 25.4. The quantitative estimate of drug-likeness (QED) is 0.427. The Kier molecular flexibility index (Phi) is 11.2. The standard InChI is InChI=1S/C23H35N3O3S.C2H6.H3NS/c1-22(2,3)29-21(27)25-11-9-23(10-12-25)8-7-18-17-19(5-6-20(18)28-23)24-13-15-26(30-4)16-14-24;2*1-2/h5-6,17H,7-16H2,1-4H3;1-2H3;2H,1H2. The number of hydrogen-bond donors (Lipinski definition) is 2. The van der Waals surface area contributed by atoms with E-state index in [1.165, 1.54) is 11.3 Å². The number of aryl methyl sites for hydroxylation is 1. The van der Waals surface area contributed by atoms with E-state index in [1.54, 1.807) is 0 Å². The van der Waals surface area contributed by atoms with Gasteiger partial charge in [0.05, 0.1) is 0 Å². The Labute approximate surface area is 216 Å². The molecule has 1 aromatic carbocycles. The average molecular weight is 513 g/mol. The molecule has 0 aliphatic carbocycles. The van der Waals surface area contributed by atoms with Crippen LogP contribution in [0.15, 0.2) is 18.2 Å². The molecule has 2 saturated heterocycles. The molecule has 194 valence electrons. The van der Waals surface area contributed by atoms with Crippen LogP contribution in [0.3, 0.4) is 0 Å². The van der Waals surface area contributed by atoms with E-state index in [2.05, 4.69) is 51.6 Å². The Morgan fingerprint density at radius 1 is 1.06 bits per heavy atom. The van der Waals surface area contributed by atoms with E-state index < -0.39 is 5.60 Å². The van der Waals surface area contributed by atoms with Crippen molar-refractivity contribution in [2.75, 3.05) is 50.4 Å². The summed E-state index contributed by atoms with van der Waals surface area (Å²) in [6, 6.07) is 6.70. The van der Waals surface area contributed by atoms with Crippen LogP contribution in [0.4, 0.5) is 10.5 Å². The van der Waals surface area contributed by atoms with Crippen LogP contribution in [0, 0.1) is 0 Å². The Morgan fingerprint density at radius 2 is 1.68 bits per heavy atom. The normalized spacial score (nSPS) is 19.6. The van der Waals surface area contributed by atoms with Gasteiger partial charge in [-0.05, 0) is 63.6 Å². The Hall–Kier alpha value is -1.29. The lowest BCUT2D eigenvalue weighted by Gasteiger charge is -2.45. The van der Waals surface area contributed by atoms with Gasteiger partial charge in [0.25, 0.3) is 0 Å². The highest BCUT2D eigenvalue weighted by Crippen LogP contribution is 2.41. The first-order chi connectivity index (χ1) is 16.3. The highest BCUT2D eigenvalue weighted by Gasteiger charge is 2.41. The van der Waals surface area contributed by atoms with Crippen molar-refractivity contribution in [3.8, 4) is 5.75 Å². The molecule has 2 fully saturated rings. The van der Waals surface area contributed by atoms with Gasteiger partial charge in [0.1, 0.15) is 17.0 Å². The van der Waals surface area contributed by atoms with Crippen molar-refractivity contribution in [1.29, 1.82) is 0 Å². The van der Waals surface area contributed by atoms with Crippen LogP contribution in [0.1, 0.15) is 59.4 Å². The minimum Gasteiger partial charge on any atom is -0.487 e. The van der Waals surface area contributed by atoms with Gasteiger partial charge in [0.15, 0.2) is 0 Å². The molecular weight excluding hydrogens is 468 g/mol. The summed E-state index contributed by atoms with van der Waals surface area (Å²) in [5.74, 6) is 1.03. The minimum atomic E-state index is -0.452. The molecule has 1 spiro atoms. The Morgan fingerprint density at radius 3 is 2.24 bits per heavy atom. The molecule has 0 atom stereocenters. The fourth-order valence-corrected chi connectivity index (χ4v) is 5.14. The zero-order valence-corrected chi connectivity index (χ0v) is 23.5. The molecule has 1 amide bonds. The van der Waals surface area contributed by atoms with Gasteiger partial charge in [-0.3, -0.25) is 5.14 Å². The van der Waals surface area contributed by atoms with E-state index in [4.69, 9.17) is 9.47 Å². The number of nitrogens with zero attached hydrogens (tertiary/aromatic N) is 3. The third-order valence-electron chi connectivity index (χ3n) is 6.41. The number of likely N-dealkylation sites (tertiary alicyclic amines) is 1. The van der Waals surface area contributed by atoms with E-state index in [0.29, 0.717) is 13.1 Å². The molecule has 4 rings (SSSR count). The predicted molar refractivity (Wildman–Crippen MR) is 147 cm³/mol. The Bertz CT molecular complexity index is 772. The molecular formula is C25H44N4O3S2. The van der Waals surface area contributed by atoms with Gasteiger partial charge in [0, 0.05) is 57.8 Å². The summed E-state index contributed by atoms with van der Waals surface area (Å²) in [4.78, 5) is 16.7. The van der Waals surface area contributed by atoms with E-state index in [9.17, 15) is 4.79 Å². The van der Waals surface area contributed by atoms with Gasteiger partial charge >= 0.3 is 6.09 Å². The number of piperidine rings is 1. The predicted octanol–water partition coefficient (Wildman–Crippen LogP) is 5.00. The molecule has 1 aromatic rings. The summed E-state index contributed by atoms with van der Waals surface area (Å²) < 4.78 is 14.5. The van der Waals surface area contributed by atoms with E-state index in [1.807, 2.05) is 51.5 Å². The molecule has 3 aliphatic heterocycles. The number of benzene rings is 1. The van der Waals surface area contributed by atoms with Crippen molar-refractivity contribution in [2.45, 2.75) is 71.5 Å². The van der Waals surface area contributed by atoms with Gasteiger partial charge in [-0.2, -0.15) is 0 Å². The highest BCUT2D eigenvalue weighted by molar-refractivity contribution is 7.96. The summed E-state index contributed by atoms with van der Waals surface area (Å²) in [5, 5.41) is 4.19. The highest BCUT2D eigenvalue weighted by atomic mass is 32.2. The van der Waals surface area contributed by atoms with Crippen molar-refractivity contribution in [1.82, 2.24) is 9.21 Å². The monoisotopic (exact) mass is 512 g/mol. The van der Waals surface area contributed by atoms with Crippen LogP contribution in [0.25, 0.3) is 0 Å². The average Bonchev–Trinajstić information content (AvgIpc) is 2.86. The molecule has 0 bridgehead atoms. The SMILES string of the molecule is CC.CSN1CCN(c2ccc3c(c2)CCC2(CCN(C(=O)OC(C)(C)C)CC2)O3)CC1.NS. The summed E-state index contributed by atoms with van der Waals surface area (Å²) in [6.07, 6.45) is 5.74. The van der Waals surface area contributed by atoms with E-state index in [0.717, 1.165) is 57.6 Å². The number of rotatable bonds is 2. The smallest absolute Gasteiger partial charge is 0.410 e. The molecule has 34 heavy (non-hydrogen) atoms. The maximum absolute atomic E-state index is 12.4. The number of hydrogen-bond acceptors (Lipinski definition) is 8. The van der Waals surface area contributed by atoms with Crippen molar-refractivity contribution in [3.05, 3.63) is 23.8 Å². The summed E-state index contributed by atoms with van der Waals surface area (Å²) >= 11 is 4.86. The summed E-state index contributed by atoms with van der Waals surface area (Å²) in [6.45, 7) is 15.5. The van der Waals surface area contributed by atoms with Crippen LogP contribution in [0.2, 0.25) is 0 Å². The first-order valence-electron chi connectivity index (χ1n) is 12.4. The molecule has 0 aromatic heterocycles. The third-order valence-corrected chi connectivity index (χ3v) is 7.29. The molecule has 3 aliphatic rings. The number of anilines is 1. The topological polar surface area (TPSA) is 71.3 Å². The number of amides is 1. The molecule has 0 radical (unpaired) electrons. The fourth-order valence-electron chi connectivity index (χ4n) is 4.61. The lowest BCUT2D eigenvalue weighted by atomic mass is 9.83. The van der Waals surface area contributed by atoms with Crippen LogP contribution >= 0.6 is 24.8 Å². The van der Waals surface area contributed by atoms with Crippen LogP contribution in [0.5, 0.6) is 5.75 Å². The number of piperazine rings is 1. The molecule has 0 unspecified atom stereocenters. The Balaban J connectivity index is 0.000000970. The number of ether oxygens (including phenoxy) is 2. The molecule has 3 heterocycles. The fraction of sp³-hybridized carbons (Fsp3) is 0.720. The second-order valence-corrected chi connectivity index (χ2v) is 10.5. The summed E-state index contributed by atoms with van der Waals surface area (Å²) in [5.41, 5.74) is 2.04. The lowest BCUT2D eigenvalue weighted by Crippen LogP contribution is -2.52. The largest absolute Gasteiger partial charge is 0.487 e. The van der Waals surface area contributed by atoms with Gasteiger partial charge in [0.2, 0.25) is 0 Å². The van der Waals surface area contributed by atoms with Crippen LogP contribution in [-0.2, 0) is 11.2 Å². The van der Waals surface area contributed by atoms with E-state index >= 15 is 0 Å². The number of carbonyl (C=O) groups excluding carboxylic acids is 1. The van der Waals surface area contributed by atoms with Crippen molar-refractivity contribution < 1.29 is 14.3 Å². The van der Waals surface area contributed by atoms with Crippen molar-refractivity contribution in [3.63, 3.8) is 0 Å². The van der Waals surface area contributed by atoms with Gasteiger partial charge in [-0.15, -0.1) is 12.8 Å². The third kappa shape index (κ3) is 7.60. The van der Waals surface area contributed by atoms with Crippen LogP contribution in [-0.4, -0.2) is 72.0 Å². The van der Waals surface area contributed by atoms with Gasteiger partial charge in [-0.25, -0.2) is 9.10 Å². The maximum Gasteiger partial charge on any atom is 0.410 e. The van der Waals surface area contributed by atoms with E-state index in [-0.39, 0.29) is 11.7 Å². The van der Waals surface area contributed by atoms with Crippen LogP contribution < -0.4 is 14.8 Å². The first kappa shape index (κ1) is 28.9. The second-order valence-electron chi connectivity index (χ2n) is 9.64. The summed E-state index contributed by atoms with van der Waals surface area (Å²) in [7, 11) is 0. The number of carbonyl (C=O) groups is 1. The zero-order valence-electron chi connectivity index (χ0n) is 21.8. The van der Waals surface area contributed by atoms with Crippen molar-refractivity contribution >= 4 is 36.5 Å². The molecule has 9 heteroatoms. The number of thiol groups is 1. The molecule has 7 nitrogen and oxygen atoms in total. The number of nitrogens with two attached hydrogens (primary N) is 1. The molecule has 2 N–H and O–H groups in total. The van der Waals surface area contributed by atoms with Crippen molar-refractivity contribution in [2.24, 2.45) is 5.14 Å². The minimum absolute atomic E-state index is 0.142. The maximum atomic E-state index is 12.4. The molecule has 0 saturated carbocycles. The van der Waals surface area contributed by atoms with Gasteiger partial charge in [-0.1, -0.05) is 25.8 Å². The number of fused-ring (bicyclic) bond motifs is 1. The lowest BCUT2D eigenvalue weighted by molar-refractivity contribution is -0.0272. The first-order valence-corrected chi connectivity index (χ1v) is 14.1. The second kappa shape index (κ2) is 13.1. The van der Waals surface area contributed by atoms with Gasteiger partial charge < -0.3 is 19.3 Å².